The van der Waals surface area contributed by atoms with Crippen molar-refractivity contribution in [2.45, 2.75) is 13.3 Å². The van der Waals surface area contributed by atoms with Gasteiger partial charge in [0, 0.05) is 18.1 Å². The summed E-state index contributed by atoms with van der Waals surface area (Å²) in [4.78, 5) is 3.88. The molecular weight excluding hydrogens is 281 g/mol. The summed E-state index contributed by atoms with van der Waals surface area (Å²) in [6.45, 7) is 1.80. The van der Waals surface area contributed by atoms with Crippen LogP contribution >= 0.6 is 23.2 Å². The van der Waals surface area contributed by atoms with Crippen LogP contribution in [0.1, 0.15) is 17.7 Å². The predicted molar refractivity (Wildman–Crippen MR) is 71.0 cm³/mol. The molecule has 0 radical (unpaired) electrons. The maximum Gasteiger partial charge on any atom is 0.280 e. The van der Waals surface area contributed by atoms with Crippen molar-refractivity contribution in [3.63, 3.8) is 0 Å². The molecule has 1 aromatic heterocycles. The molecule has 96 valence electrons. The number of anilines is 1. The monoisotopic (exact) mass is 290 g/mol. The molecule has 0 saturated carbocycles. The third-order valence-corrected chi connectivity index (χ3v) is 3.44. The largest absolute Gasteiger partial charge is 0.387 e. The predicted octanol–water partition coefficient (Wildman–Crippen LogP) is 4.83. The zero-order chi connectivity index (χ0) is 13.4. The zero-order valence-electron chi connectivity index (χ0n) is 9.69. The highest BCUT2D eigenvalue weighted by Gasteiger charge is 2.17. The Hall–Kier alpha value is -1.13. The molecular formula is C12H10Cl2F2N2. The van der Waals surface area contributed by atoms with Crippen LogP contribution in [0, 0.1) is 6.92 Å². The van der Waals surface area contributed by atoms with Gasteiger partial charge in [-0.3, -0.25) is 0 Å². The van der Waals surface area contributed by atoms with Crippen molar-refractivity contribution in [1.82, 2.24) is 4.98 Å². The van der Waals surface area contributed by atoms with Crippen LogP contribution < -0.4 is 5.32 Å². The van der Waals surface area contributed by atoms with Crippen molar-refractivity contribution in [2.24, 2.45) is 0 Å². The molecule has 18 heavy (non-hydrogen) atoms. The number of nitrogens with zero attached hydrogens (tertiary/aromatic N) is 1. The molecule has 0 aliphatic rings. The van der Waals surface area contributed by atoms with Crippen LogP contribution in [0.4, 0.5) is 14.5 Å². The first kappa shape index (κ1) is 13.3. The summed E-state index contributed by atoms with van der Waals surface area (Å²) >= 11 is 12.2. The Balaban J connectivity index is 2.91. The van der Waals surface area contributed by atoms with Crippen molar-refractivity contribution < 1.29 is 8.78 Å². The average Bonchev–Trinajstić information content (AvgIpc) is 2.34. The molecule has 0 aliphatic heterocycles. The van der Waals surface area contributed by atoms with Crippen LogP contribution in [0.25, 0.3) is 10.9 Å². The first-order valence-electron chi connectivity index (χ1n) is 5.20. The third-order valence-electron chi connectivity index (χ3n) is 2.67. The fourth-order valence-corrected chi connectivity index (χ4v) is 2.33. The summed E-state index contributed by atoms with van der Waals surface area (Å²) in [5.41, 5.74) is 1.23. The highest BCUT2D eigenvalue weighted by molar-refractivity contribution is 6.41. The van der Waals surface area contributed by atoms with E-state index in [1.807, 2.05) is 0 Å². The summed E-state index contributed by atoms with van der Waals surface area (Å²) in [7, 11) is 1.64. The summed E-state index contributed by atoms with van der Waals surface area (Å²) in [5.74, 6) is 0. The van der Waals surface area contributed by atoms with E-state index in [1.165, 1.54) is 6.07 Å². The molecule has 2 nitrogen and oxygen atoms in total. The Bertz CT molecular complexity index is 615. The van der Waals surface area contributed by atoms with Crippen molar-refractivity contribution >= 4 is 39.8 Å². The van der Waals surface area contributed by atoms with Gasteiger partial charge in [-0.15, -0.1) is 0 Å². The molecule has 6 heteroatoms. The molecule has 0 saturated heterocycles. The topological polar surface area (TPSA) is 24.9 Å². The SMILES string of the molecule is CNc1cc(C(F)F)nc2c(Cl)cc(C)c(Cl)c12. The number of halogens is 4. The second-order valence-corrected chi connectivity index (χ2v) is 4.64. The number of fused-ring (bicyclic) bond motifs is 1. The molecule has 1 aromatic carbocycles. The van der Waals surface area contributed by atoms with E-state index in [2.05, 4.69) is 10.3 Å². The maximum absolute atomic E-state index is 12.8. The number of aromatic nitrogens is 1. The average molecular weight is 291 g/mol. The summed E-state index contributed by atoms with van der Waals surface area (Å²) in [5, 5.41) is 4.18. The number of hydrogen-bond acceptors (Lipinski definition) is 2. The van der Waals surface area contributed by atoms with Crippen molar-refractivity contribution in [3.05, 3.63) is 33.4 Å². The van der Waals surface area contributed by atoms with Gasteiger partial charge in [0.15, 0.2) is 0 Å². The van der Waals surface area contributed by atoms with Gasteiger partial charge in [-0.05, 0) is 24.6 Å². The molecule has 2 rings (SSSR count). The second-order valence-electron chi connectivity index (χ2n) is 3.86. The van der Waals surface area contributed by atoms with Crippen LogP contribution in [0.15, 0.2) is 12.1 Å². The molecule has 0 fully saturated rings. The lowest BCUT2D eigenvalue weighted by atomic mass is 10.1. The molecule has 0 spiro atoms. The van der Waals surface area contributed by atoms with E-state index in [-0.39, 0.29) is 11.2 Å². The number of hydrogen-bond donors (Lipinski definition) is 1. The normalized spacial score (nSPS) is 11.3. The molecule has 1 N–H and O–H groups in total. The number of pyridine rings is 1. The van der Waals surface area contributed by atoms with E-state index in [0.29, 0.717) is 21.1 Å². The summed E-state index contributed by atoms with van der Waals surface area (Å²) in [6, 6.07) is 2.91. The first-order chi connectivity index (χ1) is 8.45. The Kier molecular flexibility index (Phi) is 3.59. The van der Waals surface area contributed by atoms with Gasteiger partial charge < -0.3 is 5.32 Å². The standard InChI is InChI=1S/C12H10Cl2F2N2/c1-5-3-6(13)11-9(10(5)14)7(17-2)4-8(18-11)12(15)16/h3-4,12H,1-2H3,(H,17,18). The van der Waals surface area contributed by atoms with Crippen molar-refractivity contribution in [2.75, 3.05) is 12.4 Å². The maximum atomic E-state index is 12.8. The molecule has 0 amide bonds. The molecule has 0 atom stereocenters. The van der Waals surface area contributed by atoms with Crippen molar-refractivity contribution in [3.8, 4) is 0 Å². The van der Waals surface area contributed by atoms with Gasteiger partial charge in [-0.25, -0.2) is 13.8 Å². The van der Waals surface area contributed by atoms with Gasteiger partial charge in [0.05, 0.1) is 15.6 Å². The minimum Gasteiger partial charge on any atom is -0.387 e. The Morgan fingerprint density at radius 3 is 2.50 bits per heavy atom. The van der Waals surface area contributed by atoms with E-state index >= 15 is 0 Å². The highest BCUT2D eigenvalue weighted by Crippen LogP contribution is 2.38. The minimum absolute atomic E-state index is 0.286. The first-order valence-corrected chi connectivity index (χ1v) is 5.96. The van der Waals surface area contributed by atoms with E-state index in [0.717, 1.165) is 5.56 Å². The van der Waals surface area contributed by atoms with E-state index in [9.17, 15) is 8.78 Å². The molecule has 0 unspecified atom stereocenters. The number of benzene rings is 1. The minimum atomic E-state index is -2.65. The van der Waals surface area contributed by atoms with Crippen LogP contribution in [-0.2, 0) is 0 Å². The van der Waals surface area contributed by atoms with Gasteiger partial charge in [-0.2, -0.15) is 0 Å². The van der Waals surface area contributed by atoms with Crippen LogP contribution in [0.2, 0.25) is 10.0 Å². The van der Waals surface area contributed by atoms with E-state index < -0.39 is 6.43 Å². The lowest BCUT2D eigenvalue weighted by Crippen LogP contribution is -1.98. The summed E-state index contributed by atoms with van der Waals surface area (Å²) < 4.78 is 25.5. The highest BCUT2D eigenvalue weighted by atomic mass is 35.5. The lowest BCUT2D eigenvalue weighted by molar-refractivity contribution is 0.146. The van der Waals surface area contributed by atoms with Crippen molar-refractivity contribution in [1.29, 1.82) is 0 Å². The molecule has 0 aliphatic carbocycles. The Morgan fingerprint density at radius 2 is 1.94 bits per heavy atom. The molecule has 2 aromatic rings. The fourth-order valence-electron chi connectivity index (χ4n) is 1.79. The number of aryl methyl sites for hydroxylation is 1. The quantitative estimate of drug-likeness (QED) is 0.857. The van der Waals surface area contributed by atoms with Crippen LogP contribution in [-0.4, -0.2) is 12.0 Å². The van der Waals surface area contributed by atoms with E-state index in [1.54, 1.807) is 20.0 Å². The fraction of sp³-hybridized carbons (Fsp3) is 0.250. The van der Waals surface area contributed by atoms with Crippen LogP contribution in [0.5, 0.6) is 0 Å². The smallest absolute Gasteiger partial charge is 0.280 e. The third kappa shape index (κ3) is 2.10. The Morgan fingerprint density at radius 1 is 1.28 bits per heavy atom. The lowest BCUT2D eigenvalue weighted by Gasteiger charge is -2.12. The van der Waals surface area contributed by atoms with E-state index in [4.69, 9.17) is 23.2 Å². The molecule has 0 bridgehead atoms. The van der Waals surface area contributed by atoms with Gasteiger partial charge in [0.1, 0.15) is 5.69 Å². The van der Waals surface area contributed by atoms with Crippen LogP contribution in [0.3, 0.4) is 0 Å². The number of nitrogens with one attached hydrogen (secondary N) is 1. The zero-order valence-corrected chi connectivity index (χ0v) is 11.2. The second kappa shape index (κ2) is 4.86. The van der Waals surface area contributed by atoms with Gasteiger partial charge in [0.2, 0.25) is 0 Å². The van der Waals surface area contributed by atoms with Gasteiger partial charge >= 0.3 is 0 Å². The van der Waals surface area contributed by atoms with Gasteiger partial charge in [0.25, 0.3) is 6.43 Å². The van der Waals surface area contributed by atoms with Gasteiger partial charge in [-0.1, -0.05) is 23.2 Å². The molecule has 1 heterocycles. The Labute approximate surface area is 113 Å². The summed E-state index contributed by atoms with van der Waals surface area (Å²) in [6.07, 6.45) is -2.65. The number of rotatable bonds is 2. The number of alkyl halides is 2.